The maximum Gasteiger partial charge on any atom is 0.301 e. The zero-order valence-corrected chi connectivity index (χ0v) is 17.9. The van der Waals surface area contributed by atoms with Gasteiger partial charge in [-0.15, -0.1) is 0 Å². The lowest BCUT2D eigenvalue weighted by Gasteiger charge is -2.30. The first-order chi connectivity index (χ1) is 14.5. The number of allylic oxidation sites excluding steroid dienone is 1. The molecule has 0 bridgehead atoms. The van der Waals surface area contributed by atoms with Crippen molar-refractivity contribution in [2.45, 2.75) is 19.8 Å². The Morgan fingerprint density at radius 3 is 2.60 bits per heavy atom. The van der Waals surface area contributed by atoms with Crippen LogP contribution in [0.5, 0.6) is 11.5 Å². The van der Waals surface area contributed by atoms with Crippen LogP contribution in [0.2, 0.25) is 0 Å². The molecule has 0 radical (unpaired) electrons. The fraction of sp³-hybridized carbons (Fsp3) is 0.273. The van der Waals surface area contributed by atoms with E-state index in [9.17, 15) is 9.59 Å². The zero-order chi connectivity index (χ0) is 21.3. The molecule has 0 saturated carbocycles. The maximum absolute atomic E-state index is 13.3. The second-order valence-corrected chi connectivity index (χ2v) is 8.23. The highest BCUT2D eigenvalue weighted by Gasteiger charge is 2.26. The summed E-state index contributed by atoms with van der Waals surface area (Å²) < 4.78 is 10.6. The summed E-state index contributed by atoms with van der Waals surface area (Å²) in [5.41, 5.74) is 10.1. The van der Waals surface area contributed by atoms with Gasteiger partial charge in [0.1, 0.15) is 0 Å². The maximum atomic E-state index is 13.3. The third-order valence-corrected chi connectivity index (χ3v) is 6.05. The summed E-state index contributed by atoms with van der Waals surface area (Å²) in [6, 6.07) is 11.3. The number of hydrogen-bond donors (Lipinski definition) is 2. The summed E-state index contributed by atoms with van der Waals surface area (Å²) in [6.45, 7) is 2.57. The second kappa shape index (κ2) is 8.31. The molecule has 2 amide bonds. The Hall–Kier alpha value is -3.13. The monoisotopic (exact) mass is 425 g/mol. The number of ether oxygens (including phenoxy) is 2. The number of benzene rings is 2. The minimum Gasteiger partial charge on any atom is -0.493 e. The van der Waals surface area contributed by atoms with Crippen molar-refractivity contribution in [3.05, 3.63) is 58.0 Å². The van der Waals surface area contributed by atoms with Crippen LogP contribution in [0.3, 0.4) is 0 Å². The van der Waals surface area contributed by atoms with Crippen molar-refractivity contribution in [3.63, 3.8) is 0 Å². The van der Waals surface area contributed by atoms with Gasteiger partial charge in [-0.25, -0.2) is 0 Å². The van der Waals surface area contributed by atoms with Crippen LogP contribution in [0.1, 0.15) is 34.8 Å². The predicted molar refractivity (Wildman–Crippen MR) is 118 cm³/mol. The molecule has 0 spiro atoms. The summed E-state index contributed by atoms with van der Waals surface area (Å²) in [4.78, 5) is 27.5. The smallest absolute Gasteiger partial charge is 0.301 e. The van der Waals surface area contributed by atoms with E-state index in [1.807, 2.05) is 24.0 Å². The Balaban J connectivity index is 1.65. The van der Waals surface area contributed by atoms with E-state index in [2.05, 4.69) is 16.9 Å². The number of hydrazine groups is 1. The number of carbonyl (C=O) groups excluding carboxylic acids is 2. The fourth-order valence-corrected chi connectivity index (χ4v) is 4.43. The molecule has 0 atom stereocenters. The molecular formula is C22H23N3O4S. The van der Waals surface area contributed by atoms with Crippen molar-refractivity contribution in [1.82, 2.24) is 10.9 Å². The van der Waals surface area contributed by atoms with Gasteiger partial charge in [0.15, 0.2) is 11.5 Å². The van der Waals surface area contributed by atoms with Crippen molar-refractivity contribution in [2.75, 3.05) is 25.7 Å². The molecule has 2 aliphatic heterocycles. The molecule has 4 rings (SSSR count). The third-order valence-electron chi connectivity index (χ3n) is 5.25. The number of methoxy groups -OCH3 is 2. The van der Waals surface area contributed by atoms with E-state index in [0.29, 0.717) is 23.6 Å². The highest BCUT2D eigenvalue weighted by molar-refractivity contribution is 8.17. The van der Waals surface area contributed by atoms with Crippen LogP contribution in [0, 0.1) is 0 Å². The van der Waals surface area contributed by atoms with Crippen LogP contribution in [-0.4, -0.2) is 31.9 Å². The molecule has 0 fully saturated rings. The minimum absolute atomic E-state index is 0.0707. The van der Waals surface area contributed by atoms with Gasteiger partial charge >= 0.3 is 5.24 Å². The molecule has 0 aliphatic carbocycles. The number of thioether (sulfide) groups is 1. The number of hydrogen-bond acceptors (Lipinski definition) is 6. The minimum atomic E-state index is -0.124. The van der Waals surface area contributed by atoms with Crippen LogP contribution < -0.4 is 25.2 Å². The van der Waals surface area contributed by atoms with E-state index >= 15 is 0 Å². The SMILES string of the molecule is COc1ccc(C(=O)N2CCCc3cc(C4=C(C)SC(=O)NN4)ccc32)cc1OC. The van der Waals surface area contributed by atoms with Gasteiger partial charge in [0.2, 0.25) is 0 Å². The molecule has 2 aromatic carbocycles. The Bertz CT molecular complexity index is 1050. The number of amides is 2. The third kappa shape index (κ3) is 3.70. The molecule has 30 heavy (non-hydrogen) atoms. The topological polar surface area (TPSA) is 79.9 Å². The average molecular weight is 426 g/mol. The summed E-state index contributed by atoms with van der Waals surface area (Å²) in [7, 11) is 3.13. The van der Waals surface area contributed by atoms with Gasteiger partial charge < -0.3 is 14.4 Å². The first-order valence-corrected chi connectivity index (χ1v) is 10.5. The van der Waals surface area contributed by atoms with E-state index in [-0.39, 0.29) is 11.1 Å². The van der Waals surface area contributed by atoms with Crippen LogP contribution in [0.4, 0.5) is 10.5 Å². The number of nitrogens with zero attached hydrogens (tertiary/aromatic N) is 1. The van der Waals surface area contributed by atoms with E-state index in [0.717, 1.165) is 40.3 Å². The van der Waals surface area contributed by atoms with Gasteiger partial charge in [-0.05, 0) is 67.4 Å². The molecule has 0 unspecified atom stereocenters. The number of rotatable bonds is 4. The first kappa shape index (κ1) is 20.2. The Kier molecular flexibility index (Phi) is 5.59. The summed E-state index contributed by atoms with van der Waals surface area (Å²) in [6.07, 6.45) is 1.77. The second-order valence-electron chi connectivity index (χ2n) is 7.04. The van der Waals surface area contributed by atoms with Crippen molar-refractivity contribution < 1.29 is 19.1 Å². The van der Waals surface area contributed by atoms with Crippen molar-refractivity contribution >= 4 is 34.3 Å². The Labute approximate surface area is 179 Å². The van der Waals surface area contributed by atoms with Crippen LogP contribution in [0.25, 0.3) is 5.70 Å². The van der Waals surface area contributed by atoms with Gasteiger partial charge in [-0.3, -0.25) is 20.4 Å². The Morgan fingerprint density at radius 1 is 1.07 bits per heavy atom. The summed E-state index contributed by atoms with van der Waals surface area (Å²) in [5.74, 6) is 1.05. The highest BCUT2D eigenvalue weighted by Crippen LogP contribution is 2.35. The van der Waals surface area contributed by atoms with Gasteiger partial charge in [0.25, 0.3) is 5.91 Å². The van der Waals surface area contributed by atoms with E-state index < -0.39 is 0 Å². The average Bonchev–Trinajstić information content (AvgIpc) is 2.77. The van der Waals surface area contributed by atoms with Crippen molar-refractivity contribution in [2.24, 2.45) is 0 Å². The standard InChI is InChI=1S/C22H23N3O4S/c1-13-20(23-24-22(27)30-13)15-6-8-17-14(11-15)5-4-10-25(17)21(26)16-7-9-18(28-2)19(12-16)29-3/h6-9,11-12,23H,4-5,10H2,1-3H3,(H,24,27). The van der Waals surface area contributed by atoms with E-state index in [1.54, 1.807) is 32.4 Å². The lowest BCUT2D eigenvalue weighted by atomic mass is 9.97. The van der Waals surface area contributed by atoms with Gasteiger partial charge in [-0.2, -0.15) is 0 Å². The van der Waals surface area contributed by atoms with Crippen LogP contribution in [0.15, 0.2) is 41.3 Å². The van der Waals surface area contributed by atoms with E-state index in [4.69, 9.17) is 9.47 Å². The molecule has 7 nitrogen and oxygen atoms in total. The largest absolute Gasteiger partial charge is 0.493 e. The normalized spacial score (nSPS) is 15.8. The number of fused-ring (bicyclic) bond motifs is 1. The molecule has 2 N–H and O–H groups in total. The first-order valence-electron chi connectivity index (χ1n) is 9.63. The summed E-state index contributed by atoms with van der Waals surface area (Å²) in [5, 5.41) is -0.124. The predicted octanol–water partition coefficient (Wildman–Crippen LogP) is 3.95. The molecule has 2 aromatic rings. The zero-order valence-electron chi connectivity index (χ0n) is 17.1. The molecule has 2 heterocycles. The molecule has 0 saturated heterocycles. The molecular weight excluding hydrogens is 402 g/mol. The van der Waals surface area contributed by atoms with Gasteiger partial charge in [0, 0.05) is 28.3 Å². The van der Waals surface area contributed by atoms with Gasteiger partial charge in [-0.1, -0.05) is 6.07 Å². The molecule has 8 heteroatoms. The lowest BCUT2D eigenvalue weighted by Crippen LogP contribution is -2.37. The molecule has 0 aromatic heterocycles. The number of aryl methyl sites for hydroxylation is 1. The fourth-order valence-electron chi connectivity index (χ4n) is 3.78. The summed E-state index contributed by atoms with van der Waals surface area (Å²) >= 11 is 1.17. The van der Waals surface area contributed by atoms with E-state index in [1.165, 1.54) is 11.8 Å². The number of nitrogens with one attached hydrogen (secondary N) is 2. The number of anilines is 1. The number of carbonyl (C=O) groups is 2. The van der Waals surface area contributed by atoms with Crippen molar-refractivity contribution in [1.29, 1.82) is 0 Å². The van der Waals surface area contributed by atoms with Gasteiger partial charge in [0.05, 0.1) is 19.9 Å². The van der Waals surface area contributed by atoms with Crippen LogP contribution >= 0.6 is 11.8 Å². The lowest BCUT2D eigenvalue weighted by molar-refractivity contribution is 0.0984. The van der Waals surface area contributed by atoms with Crippen molar-refractivity contribution in [3.8, 4) is 11.5 Å². The quantitative estimate of drug-likeness (QED) is 0.772. The molecule has 156 valence electrons. The Morgan fingerprint density at radius 2 is 1.87 bits per heavy atom. The molecule has 2 aliphatic rings. The van der Waals surface area contributed by atoms with Crippen LogP contribution in [-0.2, 0) is 6.42 Å². The highest BCUT2D eigenvalue weighted by atomic mass is 32.2.